The highest BCUT2D eigenvalue weighted by atomic mass is 28.3. The number of carboxylic acid groups (broad SMARTS) is 1. The van der Waals surface area contributed by atoms with Gasteiger partial charge in [0.2, 0.25) is 5.92 Å². The third-order valence-electron chi connectivity index (χ3n) is 4.43. The Kier molecular flexibility index (Phi) is 6.03. The topological polar surface area (TPSA) is 78.4 Å². The van der Waals surface area contributed by atoms with Crippen molar-refractivity contribution in [1.82, 2.24) is 5.32 Å². The van der Waals surface area contributed by atoms with Crippen LogP contribution in [0.15, 0.2) is 29.5 Å². The van der Waals surface area contributed by atoms with Gasteiger partial charge in [0.05, 0.1) is 8.07 Å². The van der Waals surface area contributed by atoms with E-state index in [2.05, 4.69) is 5.32 Å². The van der Waals surface area contributed by atoms with Gasteiger partial charge in [-0.05, 0) is 35.7 Å². The molecule has 0 spiro atoms. The molecule has 0 atom stereocenters. The Bertz CT molecular complexity index is 777. The van der Waals surface area contributed by atoms with Crippen molar-refractivity contribution < 1.29 is 27.9 Å². The molecule has 2 amide bonds. The molecule has 1 aromatic carbocycles. The van der Waals surface area contributed by atoms with E-state index in [-0.39, 0.29) is 24.2 Å². The minimum absolute atomic E-state index is 0.0844. The Balaban J connectivity index is 2.24. The van der Waals surface area contributed by atoms with Gasteiger partial charge in [-0.3, -0.25) is 10.1 Å². The Morgan fingerprint density at radius 3 is 2.22 bits per heavy atom. The van der Waals surface area contributed by atoms with E-state index in [4.69, 9.17) is 5.11 Å². The number of anilines is 1. The zero-order valence-electron chi connectivity index (χ0n) is 15.5. The van der Waals surface area contributed by atoms with Gasteiger partial charge >= 0.3 is 6.09 Å². The van der Waals surface area contributed by atoms with Gasteiger partial charge in [-0.1, -0.05) is 25.7 Å². The molecule has 1 saturated carbocycles. The number of rotatable bonds is 4. The Labute approximate surface area is 156 Å². The number of benzene rings is 1. The summed E-state index contributed by atoms with van der Waals surface area (Å²) in [6, 6.07) is 4.34. The van der Waals surface area contributed by atoms with E-state index < -0.39 is 44.7 Å². The van der Waals surface area contributed by atoms with Gasteiger partial charge in [0, 0.05) is 18.5 Å². The fourth-order valence-corrected chi connectivity index (χ4v) is 4.35. The number of carbonyl (C=O) groups is 2. The van der Waals surface area contributed by atoms with Crippen LogP contribution in [-0.2, 0) is 4.79 Å². The van der Waals surface area contributed by atoms with Crippen molar-refractivity contribution in [2.24, 2.45) is 0 Å². The monoisotopic (exact) mass is 400 g/mol. The molecule has 1 aliphatic carbocycles. The van der Waals surface area contributed by atoms with E-state index in [1.807, 2.05) is 25.0 Å². The van der Waals surface area contributed by atoms with Gasteiger partial charge in [0.1, 0.15) is 11.5 Å². The van der Waals surface area contributed by atoms with Gasteiger partial charge in [-0.15, -0.1) is 0 Å². The largest absolute Gasteiger partial charge is 0.465 e. The first-order chi connectivity index (χ1) is 12.4. The van der Waals surface area contributed by atoms with Gasteiger partial charge in [-0.2, -0.15) is 0 Å². The second kappa shape index (κ2) is 7.75. The smallest absolute Gasteiger partial charge is 0.409 e. The average molecular weight is 400 g/mol. The van der Waals surface area contributed by atoms with E-state index in [0.29, 0.717) is 10.8 Å². The lowest BCUT2D eigenvalue weighted by Crippen LogP contribution is -2.40. The summed E-state index contributed by atoms with van der Waals surface area (Å²) in [5, 5.41) is 14.0. The lowest BCUT2D eigenvalue weighted by Gasteiger charge is -2.25. The van der Waals surface area contributed by atoms with Crippen molar-refractivity contribution in [2.75, 3.05) is 5.32 Å². The van der Waals surface area contributed by atoms with Crippen LogP contribution in [0.25, 0.3) is 0 Å². The molecule has 27 heavy (non-hydrogen) atoms. The van der Waals surface area contributed by atoms with E-state index in [1.54, 1.807) is 12.1 Å². The molecule has 0 aliphatic heterocycles. The first-order valence-electron chi connectivity index (χ1n) is 8.60. The molecular formula is C18H23F3N2O3Si. The van der Waals surface area contributed by atoms with E-state index in [0.717, 1.165) is 0 Å². The molecule has 1 fully saturated rings. The molecule has 0 unspecified atom stereocenters. The number of nitrogens with one attached hydrogen (secondary N) is 2. The van der Waals surface area contributed by atoms with Crippen molar-refractivity contribution in [1.29, 1.82) is 0 Å². The summed E-state index contributed by atoms with van der Waals surface area (Å²) >= 11 is 0. The lowest BCUT2D eigenvalue weighted by molar-refractivity contribution is -0.113. The van der Waals surface area contributed by atoms with Gasteiger partial charge < -0.3 is 10.4 Å². The predicted molar refractivity (Wildman–Crippen MR) is 99.6 cm³/mol. The lowest BCUT2D eigenvalue weighted by atomic mass is 9.90. The summed E-state index contributed by atoms with van der Waals surface area (Å²) < 4.78 is 41.0. The molecule has 5 nitrogen and oxygen atoms in total. The molecule has 1 aromatic rings. The highest BCUT2D eigenvalue weighted by Crippen LogP contribution is 2.36. The van der Waals surface area contributed by atoms with Crippen molar-refractivity contribution in [2.45, 2.75) is 51.2 Å². The highest BCUT2D eigenvalue weighted by molar-refractivity contribution is 6.88. The SMILES string of the molecule is C[Si](C)(C)c1ccc(NC(=O)C(NC(=O)O)=C2CCC(F)(F)CC2)cc1F. The molecule has 0 saturated heterocycles. The molecule has 1 aliphatic rings. The fourth-order valence-electron chi connectivity index (χ4n) is 2.97. The molecule has 0 radical (unpaired) electrons. The summed E-state index contributed by atoms with van der Waals surface area (Å²) in [7, 11) is -1.88. The number of allylic oxidation sites excluding steroid dienone is 1. The average Bonchev–Trinajstić information content (AvgIpc) is 2.51. The molecule has 3 N–H and O–H groups in total. The molecule has 148 valence electrons. The van der Waals surface area contributed by atoms with E-state index in [1.165, 1.54) is 6.07 Å². The zero-order valence-corrected chi connectivity index (χ0v) is 16.5. The van der Waals surface area contributed by atoms with Crippen LogP contribution in [0.4, 0.5) is 23.7 Å². The summed E-state index contributed by atoms with van der Waals surface area (Å²) in [6.45, 7) is 5.96. The van der Waals surface area contributed by atoms with Crippen molar-refractivity contribution in [3.05, 3.63) is 35.3 Å². The second-order valence-corrected chi connectivity index (χ2v) is 12.7. The molecule has 0 aromatic heterocycles. The maximum atomic E-state index is 14.3. The number of alkyl halides is 2. The number of hydrogen-bond donors (Lipinski definition) is 3. The van der Waals surface area contributed by atoms with Crippen LogP contribution in [-0.4, -0.2) is 31.1 Å². The van der Waals surface area contributed by atoms with E-state index >= 15 is 0 Å². The number of carbonyl (C=O) groups excluding carboxylic acids is 1. The van der Waals surface area contributed by atoms with Crippen LogP contribution in [0, 0.1) is 5.82 Å². The Hall–Kier alpha value is -2.29. The molecule has 2 rings (SSSR count). The van der Waals surface area contributed by atoms with Gasteiger partial charge in [0.25, 0.3) is 5.91 Å². The first kappa shape index (κ1) is 21.0. The van der Waals surface area contributed by atoms with Crippen molar-refractivity contribution >= 4 is 30.9 Å². The quantitative estimate of drug-likeness (QED) is 0.527. The fraction of sp³-hybridized carbons (Fsp3) is 0.444. The Morgan fingerprint density at radius 2 is 1.74 bits per heavy atom. The van der Waals surface area contributed by atoms with Crippen molar-refractivity contribution in [3.63, 3.8) is 0 Å². The molecular weight excluding hydrogens is 377 g/mol. The maximum Gasteiger partial charge on any atom is 0.409 e. The van der Waals surface area contributed by atoms with Crippen LogP contribution < -0.4 is 15.8 Å². The number of hydrogen-bond acceptors (Lipinski definition) is 2. The van der Waals surface area contributed by atoms with E-state index in [9.17, 15) is 22.8 Å². The molecule has 0 heterocycles. The molecule has 0 bridgehead atoms. The van der Waals surface area contributed by atoms with Gasteiger partial charge in [-0.25, -0.2) is 18.0 Å². The predicted octanol–water partition coefficient (Wildman–Crippen LogP) is 4.04. The minimum Gasteiger partial charge on any atom is -0.465 e. The third-order valence-corrected chi connectivity index (χ3v) is 6.45. The molecule has 9 heteroatoms. The van der Waals surface area contributed by atoms with Crippen LogP contribution in [0.5, 0.6) is 0 Å². The Morgan fingerprint density at radius 1 is 1.15 bits per heavy atom. The summed E-state index contributed by atoms with van der Waals surface area (Å²) in [5.41, 5.74) is 0.221. The summed E-state index contributed by atoms with van der Waals surface area (Å²) in [4.78, 5) is 23.5. The standard InChI is InChI=1S/C18H23F3N2O3Si/c1-27(2,3)14-5-4-12(10-13(14)19)22-16(24)15(23-17(25)26)11-6-8-18(20,21)9-7-11/h4-5,10,23H,6-9H2,1-3H3,(H,22,24)(H,25,26). The zero-order chi connectivity index (χ0) is 20.4. The number of halogens is 3. The summed E-state index contributed by atoms with van der Waals surface area (Å²) in [5.74, 6) is -4.05. The second-order valence-electron chi connectivity index (χ2n) is 7.66. The highest BCUT2D eigenvalue weighted by Gasteiger charge is 2.34. The minimum atomic E-state index is -2.82. The van der Waals surface area contributed by atoms with Crippen LogP contribution in [0.2, 0.25) is 19.6 Å². The van der Waals surface area contributed by atoms with Gasteiger partial charge in [0.15, 0.2) is 0 Å². The van der Waals surface area contributed by atoms with Crippen molar-refractivity contribution in [3.8, 4) is 0 Å². The third kappa shape index (κ3) is 5.59. The first-order valence-corrected chi connectivity index (χ1v) is 12.1. The van der Waals surface area contributed by atoms with Crippen LogP contribution in [0.3, 0.4) is 0 Å². The van der Waals surface area contributed by atoms with Crippen LogP contribution in [0.1, 0.15) is 25.7 Å². The maximum absolute atomic E-state index is 14.3. The normalized spacial score (nSPS) is 16.6. The summed E-state index contributed by atoms with van der Waals surface area (Å²) in [6.07, 6.45) is -2.53. The number of amides is 2. The van der Waals surface area contributed by atoms with Crippen LogP contribution >= 0.6 is 0 Å².